The van der Waals surface area contributed by atoms with Gasteiger partial charge in [-0.2, -0.15) is 0 Å². The van der Waals surface area contributed by atoms with Crippen LogP contribution in [0.4, 0.5) is 15.6 Å². The van der Waals surface area contributed by atoms with E-state index in [0.29, 0.717) is 34.7 Å². The third kappa shape index (κ3) is 5.80. The Labute approximate surface area is 203 Å². The van der Waals surface area contributed by atoms with Gasteiger partial charge in [0.1, 0.15) is 5.75 Å². The van der Waals surface area contributed by atoms with Gasteiger partial charge in [-0.25, -0.2) is 9.78 Å². The second kappa shape index (κ2) is 10.5. The van der Waals surface area contributed by atoms with Crippen molar-refractivity contribution in [3.63, 3.8) is 0 Å². The van der Waals surface area contributed by atoms with Gasteiger partial charge in [-0.15, -0.1) is 0 Å². The lowest BCUT2D eigenvalue weighted by atomic mass is 10.0. The van der Waals surface area contributed by atoms with Crippen LogP contribution in [0.15, 0.2) is 66.7 Å². The number of urea groups is 1. The van der Waals surface area contributed by atoms with E-state index in [0.717, 1.165) is 27.8 Å². The molecule has 0 aliphatic heterocycles. The fourth-order valence-corrected chi connectivity index (χ4v) is 4.33. The highest BCUT2D eigenvalue weighted by atomic mass is 32.1. The molecule has 0 aliphatic rings. The number of amides is 2. The van der Waals surface area contributed by atoms with E-state index in [-0.39, 0.29) is 11.8 Å². The molecule has 2 N–H and O–H groups in total. The first-order valence-electron chi connectivity index (χ1n) is 11.2. The predicted octanol–water partition coefficient (Wildman–Crippen LogP) is 7.23. The largest absolute Gasteiger partial charge is 0.491 e. The SMILES string of the molecule is CC(=O)c1cccc(-c2ccc3nc(NC(=O)Nc4ccccc4OCCC(C)C)sc3c2)c1. The van der Waals surface area contributed by atoms with Crippen molar-refractivity contribution in [1.29, 1.82) is 0 Å². The van der Waals surface area contributed by atoms with Crippen LogP contribution >= 0.6 is 11.3 Å². The third-order valence-electron chi connectivity index (χ3n) is 5.30. The van der Waals surface area contributed by atoms with Crippen LogP contribution in [0.5, 0.6) is 5.75 Å². The molecular weight excluding hydrogens is 446 g/mol. The molecule has 3 aromatic carbocycles. The molecular formula is C27H27N3O3S. The quantitative estimate of drug-likeness (QED) is 0.264. The van der Waals surface area contributed by atoms with E-state index >= 15 is 0 Å². The number of para-hydroxylation sites is 2. The Hall–Kier alpha value is -3.71. The fraction of sp³-hybridized carbons (Fsp3) is 0.222. The van der Waals surface area contributed by atoms with Gasteiger partial charge in [-0.3, -0.25) is 10.1 Å². The van der Waals surface area contributed by atoms with Crippen molar-refractivity contribution in [1.82, 2.24) is 4.98 Å². The van der Waals surface area contributed by atoms with E-state index in [9.17, 15) is 9.59 Å². The number of carbonyl (C=O) groups excluding carboxylic acids is 2. The van der Waals surface area contributed by atoms with Crippen molar-refractivity contribution in [3.8, 4) is 16.9 Å². The molecule has 0 saturated heterocycles. The molecule has 0 bridgehead atoms. The summed E-state index contributed by atoms with van der Waals surface area (Å²) in [6.07, 6.45) is 0.938. The van der Waals surface area contributed by atoms with Gasteiger partial charge in [0.05, 0.1) is 22.5 Å². The van der Waals surface area contributed by atoms with E-state index in [1.807, 2.05) is 66.7 Å². The summed E-state index contributed by atoms with van der Waals surface area (Å²) in [6, 6.07) is 20.5. The van der Waals surface area contributed by atoms with Gasteiger partial charge in [0.25, 0.3) is 0 Å². The summed E-state index contributed by atoms with van der Waals surface area (Å²) in [6.45, 7) is 6.44. The maximum Gasteiger partial charge on any atom is 0.325 e. The van der Waals surface area contributed by atoms with Crippen molar-refractivity contribution in [2.45, 2.75) is 27.2 Å². The molecule has 0 spiro atoms. The summed E-state index contributed by atoms with van der Waals surface area (Å²) in [5.74, 6) is 1.21. The topological polar surface area (TPSA) is 80.3 Å². The van der Waals surface area contributed by atoms with E-state index < -0.39 is 0 Å². The lowest BCUT2D eigenvalue weighted by Gasteiger charge is -2.13. The normalized spacial score (nSPS) is 10.9. The maximum atomic E-state index is 12.6. The average molecular weight is 474 g/mol. The Balaban J connectivity index is 1.46. The number of hydrogen-bond acceptors (Lipinski definition) is 5. The summed E-state index contributed by atoms with van der Waals surface area (Å²) >= 11 is 1.40. The molecule has 0 unspecified atom stereocenters. The summed E-state index contributed by atoms with van der Waals surface area (Å²) < 4.78 is 6.79. The number of rotatable bonds is 8. The number of nitrogens with one attached hydrogen (secondary N) is 2. The Kier molecular flexibility index (Phi) is 7.23. The number of hydrogen-bond donors (Lipinski definition) is 2. The first-order chi connectivity index (χ1) is 16.4. The Morgan fingerprint density at radius 2 is 1.76 bits per heavy atom. The first-order valence-corrected chi connectivity index (χ1v) is 12.0. The number of Topliss-reactive ketones (excluding diaryl/α,β-unsaturated/α-hetero) is 1. The Morgan fingerprint density at radius 1 is 0.971 bits per heavy atom. The van der Waals surface area contributed by atoms with E-state index in [4.69, 9.17) is 4.74 Å². The molecule has 4 rings (SSSR count). The van der Waals surface area contributed by atoms with Gasteiger partial charge in [0, 0.05) is 5.56 Å². The van der Waals surface area contributed by atoms with E-state index in [1.54, 1.807) is 6.92 Å². The molecule has 0 radical (unpaired) electrons. The third-order valence-corrected chi connectivity index (χ3v) is 6.23. The minimum Gasteiger partial charge on any atom is -0.491 e. The molecule has 0 atom stereocenters. The Morgan fingerprint density at radius 3 is 2.56 bits per heavy atom. The van der Waals surface area contributed by atoms with Crippen molar-refractivity contribution in [2.24, 2.45) is 5.92 Å². The second-order valence-electron chi connectivity index (χ2n) is 8.44. The monoisotopic (exact) mass is 473 g/mol. The van der Waals surface area contributed by atoms with Crippen molar-refractivity contribution < 1.29 is 14.3 Å². The zero-order valence-corrected chi connectivity index (χ0v) is 20.2. The summed E-state index contributed by atoms with van der Waals surface area (Å²) in [5.41, 5.74) is 4.03. The number of anilines is 2. The van der Waals surface area contributed by atoms with E-state index in [1.165, 1.54) is 11.3 Å². The summed E-state index contributed by atoms with van der Waals surface area (Å²) in [4.78, 5) is 28.9. The number of carbonyl (C=O) groups is 2. The molecule has 174 valence electrons. The number of nitrogens with zero attached hydrogens (tertiary/aromatic N) is 1. The molecule has 4 aromatic rings. The smallest absolute Gasteiger partial charge is 0.325 e. The summed E-state index contributed by atoms with van der Waals surface area (Å²) in [7, 11) is 0. The van der Waals surface area contributed by atoms with Crippen LogP contribution in [-0.4, -0.2) is 23.4 Å². The maximum absolute atomic E-state index is 12.6. The highest BCUT2D eigenvalue weighted by molar-refractivity contribution is 7.22. The van der Waals surface area contributed by atoms with Crippen LogP contribution in [0.25, 0.3) is 21.3 Å². The van der Waals surface area contributed by atoms with Gasteiger partial charge in [0.2, 0.25) is 0 Å². The number of thiazole rings is 1. The van der Waals surface area contributed by atoms with Crippen LogP contribution < -0.4 is 15.4 Å². The van der Waals surface area contributed by atoms with Crippen LogP contribution in [0.1, 0.15) is 37.6 Å². The number of ketones is 1. The number of ether oxygens (including phenoxy) is 1. The van der Waals surface area contributed by atoms with Crippen LogP contribution in [0, 0.1) is 5.92 Å². The lowest BCUT2D eigenvalue weighted by molar-refractivity contribution is 0.101. The van der Waals surface area contributed by atoms with Gasteiger partial charge < -0.3 is 10.1 Å². The zero-order chi connectivity index (χ0) is 24.1. The average Bonchev–Trinajstić information content (AvgIpc) is 3.21. The Bertz CT molecular complexity index is 1330. The fourth-order valence-electron chi connectivity index (χ4n) is 3.43. The van der Waals surface area contributed by atoms with Gasteiger partial charge in [-0.05, 0) is 60.7 Å². The predicted molar refractivity (Wildman–Crippen MR) is 139 cm³/mol. The van der Waals surface area contributed by atoms with Crippen molar-refractivity contribution in [2.75, 3.05) is 17.2 Å². The number of benzene rings is 3. The molecule has 7 heteroatoms. The highest BCUT2D eigenvalue weighted by Crippen LogP contribution is 2.31. The molecule has 0 aliphatic carbocycles. The van der Waals surface area contributed by atoms with Gasteiger partial charge in [-0.1, -0.05) is 61.6 Å². The second-order valence-corrected chi connectivity index (χ2v) is 9.48. The highest BCUT2D eigenvalue weighted by Gasteiger charge is 2.12. The van der Waals surface area contributed by atoms with Gasteiger partial charge >= 0.3 is 6.03 Å². The van der Waals surface area contributed by atoms with Crippen molar-refractivity contribution >= 4 is 44.2 Å². The van der Waals surface area contributed by atoms with Crippen LogP contribution in [-0.2, 0) is 0 Å². The minimum absolute atomic E-state index is 0.0325. The summed E-state index contributed by atoms with van der Waals surface area (Å²) in [5, 5.41) is 6.18. The lowest BCUT2D eigenvalue weighted by Crippen LogP contribution is -2.19. The molecule has 34 heavy (non-hydrogen) atoms. The molecule has 0 fully saturated rings. The number of fused-ring (bicyclic) bond motifs is 1. The molecule has 0 saturated carbocycles. The van der Waals surface area contributed by atoms with Crippen LogP contribution in [0.2, 0.25) is 0 Å². The zero-order valence-electron chi connectivity index (χ0n) is 19.4. The molecule has 2 amide bonds. The molecule has 1 aromatic heterocycles. The standard InChI is InChI=1S/C27H27N3O3S/c1-17(2)13-14-33-24-10-5-4-9-22(24)28-26(32)30-27-29-23-12-11-21(16-25(23)34-27)20-8-6-7-19(15-20)18(3)31/h4-12,15-17H,13-14H2,1-3H3,(H2,28,29,30,32). The number of aromatic nitrogens is 1. The minimum atomic E-state index is -0.381. The molecule has 1 heterocycles. The first kappa shape index (κ1) is 23.4. The van der Waals surface area contributed by atoms with Crippen molar-refractivity contribution in [3.05, 3.63) is 72.3 Å². The van der Waals surface area contributed by atoms with Gasteiger partial charge in [0.15, 0.2) is 10.9 Å². The van der Waals surface area contributed by atoms with E-state index in [2.05, 4.69) is 29.5 Å². The van der Waals surface area contributed by atoms with Crippen LogP contribution in [0.3, 0.4) is 0 Å². The molecule has 6 nitrogen and oxygen atoms in total.